The molecule has 0 amide bonds. The predicted molar refractivity (Wildman–Crippen MR) is 57.6 cm³/mol. The van der Waals surface area contributed by atoms with Crippen LogP contribution in [0, 0.1) is 5.92 Å². The van der Waals surface area contributed by atoms with Gasteiger partial charge in [-0.2, -0.15) is 0 Å². The fourth-order valence-electron chi connectivity index (χ4n) is 1.83. The molecule has 0 bridgehead atoms. The molecule has 76 valence electrons. The van der Waals surface area contributed by atoms with Gasteiger partial charge in [-0.05, 0) is 36.7 Å². The largest absolute Gasteiger partial charge is 0.396 e. The first-order valence-electron chi connectivity index (χ1n) is 4.88. The third-order valence-electron chi connectivity index (χ3n) is 2.88. The zero-order valence-corrected chi connectivity index (χ0v) is 8.67. The van der Waals surface area contributed by atoms with Crippen LogP contribution in [-0.2, 0) is 0 Å². The lowest BCUT2D eigenvalue weighted by Crippen LogP contribution is -2.46. The molecule has 0 spiro atoms. The van der Waals surface area contributed by atoms with Crippen LogP contribution in [0.3, 0.4) is 0 Å². The van der Waals surface area contributed by atoms with Gasteiger partial charge in [0.1, 0.15) is 0 Å². The van der Waals surface area contributed by atoms with Gasteiger partial charge in [0.2, 0.25) is 0 Å². The predicted octanol–water partition coefficient (Wildman–Crippen LogP) is 1.64. The second kappa shape index (κ2) is 4.30. The van der Waals surface area contributed by atoms with Gasteiger partial charge in [0.05, 0.1) is 6.61 Å². The first-order valence-corrected chi connectivity index (χ1v) is 5.26. The standard InChI is InChI=1S/C11H14ClNO/c12-10-3-1-8(2-4-10)11(7-14)9-5-13-6-9/h1-4,9,11,13-14H,5-7H2. The molecule has 0 aliphatic carbocycles. The fourth-order valence-corrected chi connectivity index (χ4v) is 1.96. The van der Waals surface area contributed by atoms with E-state index in [9.17, 15) is 5.11 Å². The molecular weight excluding hydrogens is 198 g/mol. The maximum Gasteiger partial charge on any atom is 0.0503 e. The number of benzene rings is 1. The first-order chi connectivity index (χ1) is 6.81. The van der Waals surface area contributed by atoms with Crippen LogP contribution in [0.25, 0.3) is 0 Å². The van der Waals surface area contributed by atoms with E-state index in [2.05, 4.69) is 5.32 Å². The Kier molecular flexibility index (Phi) is 3.06. The van der Waals surface area contributed by atoms with Crippen LogP contribution < -0.4 is 5.32 Å². The Hall–Kier alpha value is -0.570. The van der Waals surface area contributed by atoms with E-state index in [0.717, 1.165) is 18.1 Å². The smallest absolute Gasteiger partial charge is 0.0503 e. The van der Waals surface area contributed by atoms with Crippen LogP contribution in [0.5, 0.6) is 0 Å². The Labute approximate surface area is 88.9 Å². The Bertz CT molecular complexity index is 295. The van der Waals surface area contributed by atoms with E-state index in [1.54, 1.807) is 0 Å². The second-order valence-electron chi connectivity index (χ2n) is 3.76. The summed E-state index contributed by atoms with van der Waals surface area (Å²) in [7, 11) is 0. The summed E-state index contributed by atoms with van der Waals surface area (Å²) in [5.41, 5.74) is 1.18. The maximum atomic E-state index is 9.32. The second-order valence-corrected chi connectivity index (χ2v) is 4.20. The molecule has 0 saturated carbocycles. The van der Waals surface area contributed by atoms with Crippen molar-refractivity contribution in [2.75, 3.05) is 19.7 Å². The summed E-state index contributed by atoms with van der Waals surface area (Å²) >= 11 is 5.81. The van der Waals surface area contributed by atoms with Crippen molar-refractivity contribution in [3.8, 4) is 0 Å². The normalized spacial score (nSPS) is 19.0. The molecule has 2 N–H and O–H groups in total. The highest BCUT2D eigenvalue weighted by molar-refractivity contribution is 6.30. The van der Waals surface area contributed by atoms with Crippen molar-refractivity contribution in [3.05, 3.63) is 34.9 Å². The summed E-state index contributed by atoms with van der Waals surface area (Å²) in [6.07, 6.45) is 0. The van der Waals surface area contributed by atoms with Gasteiger partial charge in [0.15, 0.2) is 0 Å². The SMILES string of the molecule is OCC(c1ccc(Cl)cc1)C1CNC1. The molecule has 0 radical (unpaired) electrons. The third kappa shape index (κ3) is 1.92. The summed E-state index contributed by atoms with van der Waals surface area (Å²) in [6, 6.07) is 7.76. The number of nitrogens with one attached hydrogen (secondary N) is 1. The van der Waals surface area contributed by atoms with Gasteiger partial charge in [-0.1, -0.05) is 23.7 Å². The number of hydrogen-bond acceptors (Lipinski definition) is 2. The summed E-state index contributed by atoms with van der Waals surface area (Å²) in [5, 5.41) is 13.3. The van der Waals surface area contributed by atoms with Crippen LogP contribution >= 0.6 is 11.6 Å². The molecule has 2 rings (SSSR count). The maximum absolute atomic E-state index is 9.32. The quantitative estimate of drug-likeness (QED) is 0.797. The Morgan fingerprint density at radius 3 is 2.43 bits per heavy atom. The van der Waals surface area contributed by atoms with E-state index in [-0.39, 0.29) is 12.5 Å². The molecule has 1 aliphatic heterocycles. The van der Waals surface area contributed by atoms with Crippen molar-refractivity contribution < 1.29 is 5.11 Å². The lowest BCUT2D eigenvalue weighted by molar-refractivity contribution is 0.188. The monoisotopic (exact) mass is 211 g/mol. The van der Waals surface area contributed by atoms with Gasteiger partial charge in [-0.3, -0.25) is 0 Å². The number of halogens is 1. The van der Waals surface area contributed by atoms with Crippen molar-refractivity contribution >= 4 is 11.6 Å². The minimum absolute atomic E-state index is 0.216. The molecule has 1 unspecified atom stereocenters. The van der Waals surface area contributed by atoms with Gasteiger partial charge in [0, 0.05) is 10.9 Å². The van der Waals surface area contributed by atoms with E-state index in [0.29, 0.717) is 5.92 Å². The van der Waals surface area contributed by atoms with Crippen LogP contribution in [0.4, 0.5) is 0 Å². The van der Waals surface area contributed by atoms with E-state index < -0.39 is 0 Å². The lowest BCUT2D eigenvalue weighted by atomic mass is 9.83. The molecule has 1 aromatic rings. The summed E-state index contributed by atoms with van der Waals surface area (Å²) in [5.74, 6) is 0.828. The molecular formula is C11H14ClNO. The summed E-state index contributed by atoms with van der Waals surface area (Å²) in [4.78, 5) is 0. The van der Waals surface area contributed by atoms with Crippen molar-refractivity contribution in [3.63, 3.8) is 0 Å². The number of aliphatic hydroxyl groups excluding tert-OH is 1. The topological polar surface area (TPSA) is 32.3 Å². The van der Waals surface area contributed by atoms with E-state index >= 15 is 0 Å². The molecule has 1 aliphatic rings. The van der Waals surface area contributed by atoms with Crippen LogP contribution in [-0.4, -0.2) is 24.8 Å². The Morgan fingerprint density at radius 2 is 2.00 bits per heavy atom. The van der Waals surface area contributed by atoms with Crippen molar-refractivity contribution in [1.29, 1.82) is 0 Å². The van der Waals surface area contributed by atoms with Gasteiger partial charge >= 0.3 is 0 Å². The molecule has 1 aromatic carbocycles. The molecule has 3 heteroatoms. The Balaban J connectivity index is 2.14. The zero-order chi connectivity index (χ0) is 9.97. The van der Waals surface area contributed by atoms with Gasteiger partial charge in [-0.15, -0.1) is 0 Å². The summed E-state index contributed by atoms with van der Waals surface area (Å²) in [6.45, 7) is 2.23. The highest BCUT2D eigenvalue weighted by Gasteiger charge is 2.27. The third-order valence-corrected chi connectivity index (χ3v) is 3.13. The minimum atomic E-state index is 0.216. The number of aliphatic hydroxyl groups is 1. The zero-order valence-electron chi connectivity index (χ0n) is 7.91. The highest BCUT2D eigenvalue weighted by Crippen LogP contribution is 2.27. The molecule has 0 aromatic heterocycles. The lowest BCUT2D eigenvalue weighted by Gasteiger charge is -2.34. The average molecular weight is 212 g/mol. The molecule has 2 nitrogen and oxygen atoms in total. The molecule has 1 fully saturated rings. The van der Waals surface area contributed by atoms with Crippen molar-refractivity contribution in [1.82, 2.24) is 5.32 Å². The minimum Gasteiger partial charge on any atom is -0.396 e. The Morgan fingerprint density at radius 1 is 1.36 bits per heavy atom. The van der Waals surface area contributed by atoms with E-state index in [1.807, 2.05) is 24.3 Å². The van der Waals surface area contributed by atoms with Crippen LogP contribution in [0.15, 0.2) is 24.3 Å². The first kappa shape index (κ1) is 9.97. The van der Waals surface area contributed by atoms with Crippen LogP contribution in [0.1, 0.15) is 11.5 Å². The molecule has 1 atom stereocenters. The van der Waals surface area contributed by atoms with Crippen LogP contribution in [0.2, 0.25) is 5.02 Å². The van der Waals surface area contributed by atoms with Crippen molar-refractivity contribution in [2.45, 2.75) is 5.92 Å². The van der Waals surface area contributed by atoms with Gasteiger partial charge in [-0.25, -0.2) is 0 Å². The van der Waals surface area contributed by atoms with Gasteiger partial charge in [0.25, 0.3) is 0 Å². The number of rotatable bonds is 3. The summed E-state index contributed by atoms with van der Waals surface area (Å²) < 4.78 is 0. The highest BCUT2D eigenvalue weighted by atomic mass is 35.5. The molecule has 1 heterocycles. The number of hydrogen-bond donors (Lipinski definition) is 2. The van der Waals surface area contributed by atoms with E-state index in [4.69, 9.17) is 11.6 Å². The van der Waals surface area contributed by atoms with E-state index in [1.165, 1.54) is 5.56 Å². The van der Waals surface area contributed by atoms with Crippen molar-refractivity contribution in [2.24, 2.45) is 5.92 Å². The average Bonchev–Trinajstić information content (AvgIpc) is 2.13. The molecule has 14 heavy (non-hydrogen) atoms. The fraction of sp³-hybridized carbons (Fsp3) is 0.455. The molecule has 1 saturated heterocycles. The van der Waals surface area contributed by atoms with Gasteiger partial charge < -0.3 is 10.4 Å².